The second-order valence-corrected chi connectivity index (χ2v) is 6.94. The van der Waals surface area contributed by atoms with Gasteiger partial charge in [-0.1, -0.05) is 53.4 Å². The Bertz CT molecular complexity index is 511. The lowest BCUT2D eigenvalue weighted by Gasteiger charge is -2.24. The first kappa shape index (κ1) is 21.7. The van der Waals surface area contributed by atoms with E-state index in [-0.39, 0.29) is 11.6 Å². The minimum absolute atomic E-state index is 0.0126. The molecule has 0 saturated heterocycles. The van der Waals surface area contributed by atoms with Crippen LogP contribution >= 0.6 is 0 Å². The van der Waals surface area contributed by atoms with Gasteiger partial charge in [-0.25, -0.2) is 0 Å². The molecule has 0 aliphatic heterocycles. The second kappa shape index (κ2) is 12.1. The Morgan fingerprint density at radius 1 is 0.600 bits per heavy atom. The molecule has 0 heterocycles. The lowest BCUT2D eigenvalue weighted by Crippen LogP contribution is -2.26. The van der Waals surface area contributed by atoms with E-state index in [2.05, 4.69) is 27.7 Å². The first-order valence-corrected chi connectivity index (χ1v) is 10.3. The monoisotopic (exact) mass is 348 g/mol. The predicted molar refractivity (Wildman–Crippen MR) is 104 cm³/mol. The standard InChI is InChI=1S/C22H36O3/c1-5-9-13-17-18(14-10-6-2)21(24)22(25-16-12-8-4)19(20(17)23)15-11-7-3/h5-16H2,1-4H3. The average molecular weight is 349 g/mol. The molecule has 1 aliphatic rings. The number of hydrogen-bond donors (Lipinski definition) is 0. The van der Waals surface area contributed by atoms with Crippen molar-refractivity contribution in [2.75, 3.05) is 6.61 Å². The summed E-state index contributed by atoms with van der Waals surface area (Å²) < 4.78 is 5.85. The van der Waals surface area contributed by atoms with E-state index in [9.17, 15) is 9.59 Å². The largest absolute Gasteiger partial charge is 0.489 e. The van der Waals surface area contributed by atoms with Gasteiger partial charge in [0.15, 0.2) is 11.5 Å². The minimum Gasteiger partial charge on any atom is -0.489 e. The Labute approximate surface area is 153 Å². The molecule has 25 heavy (non-hydrogen) atoms. The Morgan fingerprint density at radius 3 is 1.52 bits per heavy atom. The molecule has 1 rings (SSSR count). The molecule has 0 saturated carbocycles. The molecule has 3 heteroatoms. The van der Waals surface area contributed by atoms with E-state index in [0.29, 0.717) is 30.8 Å². The number of Topliss-reactive ketones (excluding diaryl/α,β-unsaturated/α-hetero) is 2. The molecule has 0 aromatic heterocycles. The van der Waals surface area contributed by atoms with Crippen LogP contribution in [0.1, 0.15) is 98.3 Å². The number of carbonyl (C=O) groups excluding carboxylic acids is 2. The highest BCUT2D eigenvalue weighted by Gasteiger charge is 2.34. The number of carbonyl (C=O) groups is 2. The third-order valence-corrected chi connectivity index (χ3v) is 4.75. The van der Waals surface area contributed by atoms with Crippen molar-refractivity contribution in [2.24, 2.45) is 0 Å². The molecule has 0 aromatic rings. The van der Waals surface area contributed by atoms with Gasteiger partial charge in [0.05, 0.1) is 6.61 Å². The van der Waals surface area contributed by atoms with Crippen LogP contribution in [0.5, 0.6) is 0 Å². The minimum atomic E-state index is -0.0126. The highest BCUT2D eigenvalue weighted by atomic mass is 16.5. The van der Waals surface area contributed by atoms with Crippen molar-refractivity contribution < 1.29 is 14.3 Å². The summed E-state index contributed by atoms with van der Waals surface area (Å²) in [6, 6.07) is 0. The van der Waals surface area contributed by atoms with Crippen molar-refractivity contribution in [3.63, 3.8) is 0 Å². The van der Waals surface area contributed by atoms with E-state index in [1.165, 1.54) is 0 Å². The molecule has 0 aromatic carbocycles. The molecule has 1 aliphatic carbocycles. The zero-order chi connectivity index (χ0) is 18.7. The van der Waals surface area contributed by atoms with Crippen LogP contribution in [0.2, 0.25) is 0 Å². The van der Waals surface area contributed by atoms with E-state index in [4.69, 9.17) is 4.74 Å². The summed E-state index contributed by atoms with van der Waals surface area (Å²) >= 11 is 0. The second-order valence-electron chi connectivity index (χ2n) is 6.94. The van der Waals surface area contributed by atoms with Crippen molar-refractivity contribution >= 4 is 11.6 Å². The van der Waals surface area contributed by atoms with Gasteiger partial charge in [0.1, 0.15) is 0 Å². The Hall–Kier alpha value is -1.38. The van der Waals surface area contributed by atoms with Crippen LogP contribution in [0.15, 0.2) is 22.5 Å². The van der Waals surface area contributed by atoms with E-state index in [0.717, 1.165) is 68.9 Å². The van der Waals surface area contributed by atoms with Gasteiger partial charge in [0.25, 0.3) is 0 Å². The summed E-state index contributed by atoms with van der Waals surface area (Å²) in [6.45, 7) is 8.95. The van der Waals surface area contributed by atoms with Crippen LogP contribution in [-0.4, -0.2) is 18.2 Å². The summed E-state index contributed by atoms with van der Waals surface area (Å²) in [4.78, 5) is 26.3. The molecule has 0 atom stereocenters. The molecule has 0 N–H and O–H groups in total. The van der Waals surface area contributed by atoms with Crippen LogP contribution in [0.4, 0.5) is 0 Å². The van der Waals surface area contributed by atoms with E-state index < -0.39 is 0 Å². The van der Waals surface area contributed by atoms with Gasteiger partial charge < -0.3 is 4.74 Å². The van der Waals surface area contributed by atoms with Gasteiger partial charge in [0.2, 0.25) is 5.78 Å². The summed E-state index contributed by atoms with van der Waals surface area (Å²) in [5.41, 5.74) is 2.13. The average Bonchev–Trinajstić information content (AvgIpc) is 2.61. The number of unbranched alkanes of at least 4 members (excludes halogenated alkanes) is 4. The van der Waals surface area contributed by atoms with Gasteiger partial charge in [-0.15, -0.1) is 0 Å². The summed E-state index contributed by atoms with van der Waals surface area (Å²) in [7, 11) is 0. The first-order chi connectivity index (χ1) is 12.1. The van der Waals surface area contributed by atoms with Crippen LogP contribution in [-0.2, 0) is 14.3 Å². The third kappa shape index (κ3) is 6.13. The van der Waals surface area contributed by atoms with Gasteiger partial charge in [-0.2, -0.15) is 0 Å². The van der Waals surface area contributed by atoms with Crippen molar-refractivity contribution in [1.82, 2.24) is 0 Å². The molecule has 0 bridgehead atoms. The van der Waals surface area contributed by atoms with E-state index in [1.807, 2.05) is 0 Å². The molecular formula is C22H36O3. The summed E-state index contributed by atoms with van der Waals surface area (Å²) in [5.74, 6) is 0.429. The van der Waals surface area contributed by atoms with Crippen LogP contribution in [0, 0.1) is 0 Å². The van der Waals surface area contributed by atoms with Gasteiger partial charge >= 0.3 is 0 Å². The summed E-state index contributed by atoms with van der Waals surface area (Å²) in [5, 5.41) is 0. The Morgan fingerprint density at radius 2 is 1.04 bits per heavy atom. The normalized spacial score (nSPS) is 15.4. The number of ketones is 2. The molecule has 0 spiro atoms. The van der Waals surface area contributed by atoms with Crippen LogP contribution in [0.3, 0.4) is 0 Å². The fraction of sp³-hybridized carbons (Fsp3) is 0.727. The quantitative estimate of drug-likeness (QED) is 0.299. The molecule has 0 radical (unpaired) electrons. The van der Waals surface area contributed by atoms with Crippen LogP contribution < -0.4 is 0 Å². The molecule has 142 valence electrons. The third-order valence-electron chi connectivity index (χ3n) is 4.75. The van der Waals surface area contributed by atoms with Crippen molar-refractivity contribution in [3.05, 3.63) is 22.5 Å². The van der Waals surface area contributed by atoms with Crippen molar-refractivity contribution in [1.29, 1.82) is 0 Å². The SMILES string of the molecule is CCCCOC1=C(CCCC)C(=O)C(CCCC)=C(CCCC)C1=O. The van der Waals surface area contributed by atoms with Gasteiger partial charge in [-0.3, -0.25) is 9.59 Å². The Balaban J connectivity index is 3.19. The molecular weight excluding hydrogens is 312 g/mol. The number of rotatable bonds is 13. The van der Waals surface area contributed by atoms with E-state index >= 15 is 0 Å². The maximum atomic E-state index is 13.2. The lowest BCUT2D eigenvalue weighted by atomic mass is 9.82. The predicted octanol–water partition coefficient (Wildman–Crippen LogP) is 6.08. The van der Waals surface area contributed by atoms with Crippen molar-refractivity contribution in [3.8, 4) is 0 Å². The fourth-order valence-corrected chi connectivity index (χ4v) is 3.12. The number of hydrogen-bond acceptors (Lipinski definition) is 3. The fourth-order valence-electron chi connectivity index (χ4n) is 3.12. The zero-order valence-corrected chi connectivity index (χ0v) is 16.7. The summed E-state index contributed by atoms with van der Waals surface area (Å²) in [6.07, 6.45) is 9.85. The first-order valence-electron chi connectivity index (χ1n) is 10.3. The van der Waals surface area contributed by atoms with E-state index in [1.54, 1.807) is 0 Å². The van der Waals surface area contributed by atoms with Crippen molar-refractivity contribution in [2.45, 2.75) is 98.3 Å². The highest BCUT2D eigenvalue weighted by molar-refractivity contribution is 6.24. The topological polar surface area (TPSA) is 43.4 Å². The lowest BCUT2D eigenvalue weighted by molar-refractivity contribution is -0.119. The van der Waals surface area contributed by atoms with Gasteiger partial charge in [-0.05, 0) is 44.9 Å². The number of allylic oxidation sites excluding steroid dienone is 3. The number of ether oxygens (including phenoxy) is 1. The smallest absolute Gasteiger partial charge is 0.224 e. The van der Waals surface area contributed by atoms with Gasteiger partial charge in [0, 0.05) is 16.7 Å². The highest BCUT2D eigenvalue weighted by Crippen LogP contribution is 2.33. The molecule has 0 unspecified atom stereocenters. The maximum absolute atomic E-state index is 13.2. The molecule has 3 nitrogen and oxygen atoms in total. The Kier molecular flexibility index (Phi) is 10.4. The molecule has 0 fully saturated rings. The zero-order valence-electron chi connectivity index (χ0n) is 16.7. The maximum Gasteiger partial charge on any atom is 0.224 e. The van der Waals surface area contributed by atoms with Crippen LogP contribution in [0.25, 0.3) is 0 Å². The molecule has 0 amide bonds.